The summed E-state index contributed by atoms with van der Waals surface area (Å²) in [7, 11) is -28.6. The molecule has 0 fully saturated rings. The number of azo groups is 2. The third-order valence-corrected chi connectivity index (χ3v) is 14.8. The molecule has 5 rings (SSSR count). The van der Waals surface area contributed by atoms with Gasteiger partial charge in [0.25, 0.3) is 26.1 Å². The van der Waals surface area contributed by atoms with Crippen LogP contribution in [0.4, 0.5) is 34.1 Å². The molecular formula is C35H34N6O20S6. The Morgan fingerprint density at radius 2 is 1.07 bits per heavy atom. The number of phenols is 1. The van der Waals surface area contributed by atoms with Crippen LogP contribution in [0.15, 0.2) is 126 Å². The molecule has 0 radical (unpaired) electrons. The maximum Gasteiger partial charge on any atom is 0.397 e. The van der Waals surface area contributed by atoms with E-state index < -0.39 is 147 Å². The van der Waals surface area contributed by atoms with Gasteiger partial charge in [0.2, 0.25) is 0 Å². The summed E-state index contributed by atoms with van der Waals surface area (Å²) in [5.74, 6) is -4.16. The molecule has 0 aliphatic carbocycles. The van der Waals surface area contributed by atoms with Crippen LogP contribution in [-0.4, -0.2) is 117 Å². The zero-order chi connectivity index (χ0) is 49.8. The van der Waals surface area contributed by atoms with Gasteiger partial charge in [-0.3, -0.25) is 23.0 Å². The minimum absolute atomic E-state index is 0.0314. The van der Waals surface area contributed by atoms with Gasteiger partial charge in [-0.1, -0.05) is 18.2 Å². The predicted octanol–water partition coefficient (Wildman–Crippen LogP) is 3.93. The number of nitrogens with two attached hydrogens (primary N) is 1. The summed E-state index contributed by atoms with van der Waals surface area (Å²) in [6.07, 6.45) is 0. The Labute approximate surface area is 381 Å². The van der Waals surface area contributed by atoms with E-state index in [1.165, 1.54) is 36.4 Å². The molecule has 26 nitrogen and oxygen atoms in total. The number of benzene rings is 5. The molecule has 360 valence electrons. The first-order chi connectivity index (χ1) is 31.0. The van der Waals surface area contributed by atoms with Crippen LogP contribution in [0.2, 0.25) is 0 Å². The van der Waals surface area contributed by atoms with Gasteiger partial charge in [0.15, 0.2) is 25.4 Å². The fraction of sp³-hybridized carbons (Fsp3) is 0.171. The Morgan fingerprint density at radius 1 is 0.597 bits per heavy atom. The van der Waals surface area contributed by atoms with Crippen molar-refractivity contribution in [2.45, 2.75) is 14.7 Å². The number of fused-ring (bicyclic) bond motifs is 1. The van der Waals surface area contributed by atoms with Crippen molar-refractivity contribution in [1.29, 1.82) is 0 Å². The van der Waals surface area contributed by atoms with Gasteiger partial charge in [-0.05, 0) is 78.2 Å². The molecule has 0 heterocycles. The molecule has 0 spiro atoms. The van der Waals surface area contributed by atoms with E-state index in [9.17, 15) is 69.5 Å². The number of rotatable bonds is 20. The van der Waals surface area contributed by atoms with Gasteiger partial charge in [0.1, 0.15) is 21.2 Å². The topological polar surface area (TPSA) is 420 Å². The number of para-hydroxylation sites is 1. The third kappa shape index (κ3) is 14.1. The fourth-order valence-corrected chi connectivity index (χ4v) is 10.0. The molecular weight excluding hydrogens is 1020 g/mol. The van der Waals surface area contributed by atoms with Gasteiger partial charge in [0, 0.05) is 17.8 Å². The SMILES string of the molecule is Nc1c(N=Nc2ccc(S(=O)(=O)CCOS(=O)(=O)O)cc2)c(S(=O)(=O)O)cc2cc(S(=O)(=O)O)c(N=Nc3ccc(C(=O)N(CCS(=O)(=O)CCOS(=O)(=O)O)c4ccccc4)cc3)c(O)c12. The molecule has 0 unspecified atom stereocenters. The second kappa shape index (κ2) is 20.1. The van der Waals surface area contributed by atoms with Crippen LogP contribution in [0.25, 0.3) is 10.8 Å². The smallest absolute Gasteiger partial charge is 0.397 e. The summed E-state index contributed by atoms with van der Waals surface area (Å²) in [6, 6.07) is 18.1. The van der Waals surface area contributed by atoms with Crippen molar-refractivity contribution in [2.75, 3.05) is 47.7 Å². The van der Waals surface area contributed by atoms with Crippen molar-refractivity contribution in [3.8, 4) is 5.75 Å². The molecule has 5 aromatic rings. The number of hydrogen-bond acceptors (Lipinski definition) is 21. The van der Waals surface area contributed by atoms with Gasteiger partial charge in [-0.2, -0.15) is 43.9 Å². The summed E-state index contributed by atoms with van der Waals surface area (Å²) >= 11 is 0. The molecule has 0 aliphatic heterocycles. The minimum Gasteiger partial charge on any atom is -0.505 e. The van der Waals surface area contributed by atoms with Gasteiger partial charge in [-0.15, -0.1) is 10.2 Å². The highest BCUT2D eigenvalue weighted by Gasteiger charge is 2.29. The number of amides is 1. The van der Waals surface area contributed by atoms with Gasteiger partial charge >= 0.3 is 20.8 Å². The first kappa shape index (κ1) is 52.1. The van der Waals surface area contributed by atoms with E-state index in [4.69, 9.17) is 14.8 Å². The molecule has 0 saturated carbocycles. The van der Waals surface area contributed by atoms with Crippen LogP contribution >= 0.6 is 0 Å². The number of anilines is 2. The Hall–Kier alpha value is -5.91. The molecule has 0 aliphatic rings. The van der Waals surface area contributed by atoms with E-state index >= 15 is 0 Å². The largest absolute Gasteiger partial charge is 0.505 e. The zero-order valence-electron chi connectivity index (χ0n) is 33.5. The van der Waals surface area contributed by atoms with Crippen LogP contribution in [0.5, 0.6) is 5.75 Å². The molecule has 1 amide bonds. The van der Waals surface area contributed by atoms with E-state index in [1.807, 2.05) is 0 Å². The molecule has 32 heteroatoms. The Balaban J connectivity index is 1.47. The summed E-state index contributed by atoms with van der Waals surface area (Å²) in [6.45, 7) is -2.21. The van der Waals surface area contributed by atoms with Crippen molar-refractivity contribution in [3.63, 3.8) is 0 Å². The average Bonchev–Trinajstić information content (AvgIpc) is 3.21. The molecule has 5 aromatic carbocycles. The standard InChI is InChI=1S/C35H34N6O20S6/c36-31-30-23(20-28(64(48,49)50)32(31)39-37-25-10-12-27(13-11-25)63(46,47)19-16-61-67(57,58)59)21-29(65(51,52)53)33(34(30)42)40-38-24-8-6-22(7-9-24)35(43)41(26-4-2-1-3-5-26)14-17-62(44,45)18-15-60-66(54,55)56/h1-13,20-21,42H,14-19,36H2,(H,48,49,50)(H,51,52,53)(H,54,55,56)(H,57,58,59). The molecule has 0 bridgehead atoms. The van der Waals surface area contributed by atoms with Crippen LogP contribution in [-0.2, 0) is 69.1 Å². The second-order valence-electron chi connectivity index (χ2n) is 13.5. The number of aromatic hydroxyl groups is 1. The van der Waals surface area contributed by atoms with Crippen LogP contribution < -0.4 is 10.6 Å². The van der Waals surface area contributed by atoms with E-state index in [1.54, 1.807) is 18.2 Å². The minimum atomic E-state index is -5.31. The van der Waals surface area contributed by atoms with Crippen molar-refractivity contribution in [2.24, 2.45) is 20.5 Å². The Bertz CT molecular complexity index is 3470. The first-order valence-corrected chi connectivity index (χ1v) is 27.2. The van der Waals surface area contributed by atoms with Gasteiger partial charge in [0.05, 0.1) is 57.8 Å². The summed E-state index contributed by atoms with van der Waals surface area (Å²) in [4.78, 5) is 12.2. The van der Waals surface area contributed by atoms with Crippen LogP contribution in [0.1, 0.15) is 10.4 Å². The third-order valence-electron chi connectivity index (χ3n) is 8.86. The number of nitrogens with zero attached hydrogens (tertiary/aromatic N) is 5. The lowest BCUT2D eigenvalue weighted by Gasteiger charge is -2.23. The molecule has 0 atom stereocenters. The maximum atomic E-state index is 13.7. The number of hydrogen-bond donors (Lipinski definition) is 6. The summed E-state index contributed by atoms with van der Waals surface area (Å²) in [5.41, 5.74) is 3.73. The highest BCUT2D eigenvalue weighted by atomic mass is 32.3. The monoisotopic (exact) mass is 1050 g/mol. The predicted molar refractivity (Wildman–Crippen MR) is 235 cm³/mol. The maximum absolute atomic E-state index is 13.7. The van der Waals surface area contributed by atoms with Crippen molar-refractivity contribution in [1.82, 2.24) is 0 Å². The van der Waals surface area contributed by atoms with Gasteiger partial charge < -0.3 is 15.7 Å². The van der Waals surface area contributed by atoms with Crippen molar-refractivity contribution < 1.29 is 87.0 Å². The van der Waals surface area contributed by atoms with E-state index in [2.05, 4.69) is 28.8 Å². The molecule has 67 heavy (non-hydrogen) atoms. The molecule has 0 aromatic heterocycles. The highest BCUT2D eigenvalue weighted by Crippen LogP contribution is 2.48. The second-order valence-corrected chi connectivity index (χ2v) is 22.8. The lowest BCUT2D eigenvalue weighted by molar-refractivity contribution is 0.0988. The lowest BCUT2D eigenvalue weighted by Crippen LogP contribution is -2.36. The van der Waals surface area contributed by atoms with Crippen LogP contribution in [0.3, 0.4) is 0 Å². The normalized spacial score (nSPS) is 13.1. The van der Waals surface area contributed by atoms with Crippen molar-refractivity contribution in [3.05, 3.63) is 96.6 Å². The number of carbonyl (C=O) groups excluding carboxylic acids is 1. The number of carbonyl (C=O) groups is 1. The highest BCUT2D eigenvalue weighted by molar-refractivity contribution is 7.91. The number of nitrogen functional groups attached to an aromatic ring is 1. The van der Waals surface area contributed by atoms with E-state index in [-0.39, 0.29) is 27.5 Å². The lowest BCUT2D eigenvalue weighted by atomic mass is 10.1. The molecule has 0 saturated heterocycles. The van der Waals surface area contributed by atoms with Crippen LogP contribution in [0, 0.1) is 0 Å². The zero-order valence-corrected chi connectivity index (χ0v) is 38.4. The Morgan fingerprint density at radius 3 is 1.58 bits per heavy atom. The van der Waals surface area contributed by atoms with E-state index in [0.717, 1.165) is 29.2 Å². The van der Waals surface area contributed by atoms with Crippen molar-refractivity contribution >= 4 is 112 Å². The average molecular weight is 1050 g/mol. The number of sulfone groups is 2. The first-order valence-electron chi connectivity index (χ1n) is 18.1. The van der Waals surface area contributed by atoms with Gasteiger partial charge in [-0.25, -0.2) is 25.2 Å². The summed E-state index contributed by atoms with van der Waals surface area (Å²) in [5, 5.41) is 25.6. The fourth-order valence-electron chi connectivity index (χ4n) is 5.79. The molecule has 7 N–H and O–H groups in total. The number of phenolic OH excluding ortho intramolecular Hbond substituents is 1. The Kier molecular flexibility index (Phi) is 15.6. The van der Waals surface area contributed by atoms with E-state index in [0.29, 0.717) is 12.1 Å². The quantitative estimate of drug-likeness (QED) is 0.0365. The summed E-state index contributed by atoms with van der Waals surface area (Å²) < 4.78 is 189.